The Morgan fingerprint density at radius 1 is 1.18 bits per heavy atom. The van der Waals surface area contributed by atoms with Crippen LogP contribution in [0, 0.1) is 0 Å². The lowest BCUT2D eigenvalue weighted by Crippen LogP contribution is -2.38. The molecule has 1 aliphatic rings. The molecule has 28 heavy (non-hydrogen) atoms. The Morgan fingerprint density at radius 2 is 1.86 bits per heavy atom. The molecule has 160 valence electrons. The number of nitrogens with zero attached hydrogens (tertiary/aromatic N) is 2. The van der Waals surface area contributed by atoms with Gasteiger partial charge in [-0.2, -0.15) is 0 Å². The van der Waals surface area contributed by atoms with Crippen molar-refractivity contribution < 1.29 is 17.9 Å². The molecule has 1 amide bonds. The number of nitrogens with one attached hydrogen (secondary N) is 2. The molecule has 0 spiro atoms. The molecule has 1 aliphatic heterocycles. The van der Waals surface area contributed by atoms with E-state index in [9.17, 15) is 13.2 Å². The molecule has 1 fully saturated rings. The van der Waals surface area contributed by atoms with Crippen LogP contribution in [0.4, 0.5) is 5.69 Å². The van der Waals surface area contributed by atoms with Gasteiger partial charge in [0.2, 0.25) is 10.0 Å². The third kappa shape index (κ3) is 6.31. The quantitative estimate of drug-likeness (QED) is 0.562. The van der Waals surface area contributed by atoms with E-state index in [4.69, 9.17) is 4.74 Å². The number of rotatable bonds is 9. The summed E-state index contributed by atoms with van der Waals surface area (Å²) >= 11 is 0. The molecule has 0 atom stereocenters. The number of hydrogen-bond acceptors (Lipinski definition) is 6. The number of halogens is 1. The topological polar surface area (TPSA) is 91.0 Å². The normalized spacial score (nSPS) is 14.6. The maximum Gasteiger partial charge on any atom is 0.253 e. The molecular weight excluding hydrogens is 404 g/mol. The molecule has 1 aromatic carbocycles. The Bertz CT molecular complexity index is 737. The van der Waals surface area contributed by atoms with Crippen LogP contribution >= 0.6 is 12.4 Å². The Morgan fingerprint density at radius 3 is 2.46 bits per heavy atom. The summed E-state index contributed by atoms with van der Waals surface area (Å²) in [5.74, 6) is -0.273. The molecular formula is C18H31ClN4O4S. The lowest BCUT2D eigenvalue weighted by Gasteiger charge is -2.30. The van der Waals surface area contributed by atoms with Crippen LogP contribution in [0.2, 0.25) is 0 Å². The first kappa shape index (κ1) is 24.6. The number of carbonyl (C=O) groups is 1. The summed E-state index contributed by atoms with van der Waals surface area (Å²) in [4.78, 5) is 14.9. The molecule has 0 saturated carbocycles. The van der Waals surface area contributed by atoms with Crippen LogP contribution in [0.15, 0.2) is 23.1 Å². The minimum atomic E-state index is -3.62. The van der Waals surface area contributed by atoms with Crippen LogP contribution in [-0.2, 0) is 14.8 Å². The van der Waals surface area contributed by atoms with Crippen LogP contribution in [0.5, 0.6) is 0 Å². The second-order valence-corrected chi connectivity index (χ2v) is 8.72. The van der Waals surface area contributed by atoms with Gasteiger partial charge in [0.15, 0.2) is 0 Å². The first-order valence-electron chi connectivity index (χ1n) is 9.26. The second kappa shape index (κ2) is 11.6. The van der Waals surface area contributed by atoms with Crippen molar-refractivity contribution in [1.29, 1.82) is 0 Å². The van der Waals surface area contributed by atoms with Gasteiger partial charge in [0.25, 0.3) is 5.91 Å². The third-order valence-electron chi connectivity index (χ3n) is 4.36. The fourth-order valence-electron chi connectivity index (χ4n) is 2.81. The number of carbonyl (C=O) groups excluding carboxylic acids is 1. The van der Waals surface area contributed by atoms with Crippen molar-refractivity contribution in [2.75, 3.05) is 64.9 Å². The monoisotopic (exact) mass is 434 g/mol. The van der Waals surface area contributed by atoms with E-state index in [0.717, 1.165) is 23.0 Å². The van der Waals surface area contributed by atoms with Gasteiger partial charge < -0.3 is 20.3 Å². The van der Waals surface area contributed by atoms with Crippen LogP contribution in [-0.4, -0.2) is 78.7 Å². The average molecular weight is 435 g/mol. The van der Waals surface area contributed by atoms with E-state index in [1.165, 1.54) is 20.2 Å². The smallest absolute Gasteiger partial charge is 0.253 e. The molecule has 0 aromatic heterocycles. The van der Waals surface area contributed by atoms with E-state index in [1.54, 1.807) is 12.1 Å². The van der Waals surface area contributed by atoms with Crippen molar-refractivity contribution in [1.82, 2.24) is 14.9 Å². The third-order valence-corrected chi connectivity index (χ3v) is 6.17. The maximum absolute atomic E-state index is 12.8. The van der Waals surface area contributed by atoms with Gasteiger partial charge in [-0.05, 0) is 31.2 Å². The molecule has 1 saturated heterocycles. The first-order chi connectivity index (χ1) is 12.9. The summed E-state index contributed by atoms with van der Waals surface area (Å²) in [6, 6.07) is 4.74. The van der Waals surface area contributed by atoms with Crippen molar-refractivity contribution >= 4 is 34.0 Å². The van der Waals surface area contributed by atoms with E-state index in [1.807, 2.05) is 0 Å². The van der Waals surface area contributed by atoms with Crippen LogP contribution in [0.3, 0.4) is 0 Å². The van der Waals surface area contributed by atoms with Crippen molar-refractivity contribution in [3.8, 4) is 0 Å². The highest BCUT2D eigenvalue weighted by atomic mass is 35.5. The lowest BCUT2D eigenvalue weighted by molar-refractivity contribution is 0.0952. The van der Waals surface area contributed by atoms with E-state index < -0.39 is 10.0 Å². The Kier molecular flexibility index (Phi) is 10.2. The molecule has 8 nitrogen and oxygen atoms in total. The number of morpholine rings is 1. The van der Waals surface area contributed by atoms with Crippen molar-refractivity contribution in [2.45, 2.75) is 18.2 Å². The fraction of sp³-hybridized carbons (Fsp3) is 0.611. The largest absolute Gasteiger partial charge is 0.378 e. The molecule has 1 heterocycles. The lowest BCUT2D eigenvalue weighted by atomic mass is 10.1. The highest BCUT2D eigenvalue weighted by Gasteiger charge is 2.24. The Labute approximate surface area is 174 Å². The van der Waals surface area contributed by atoms with E-state index in [0.29, 0.717) is 45.0 Å². The first-order valence-corrected chi connectivity index (χ1v) is 10.7. The molecule has 0 aliphatic carbocycles. The summed E-state index contributed by atoms with van der Waals surface area (Å²) < 4.78 is 31.5. The molecule has 10 heteroatoms. The average Bonchev–Trinajstić information content (AvgIpc) is 2.67. The highest BCUT2D eigenvalue weighted by Crippen LogP contribution is 2.26. The molecule has 2 N–H and O–H groups in total. The predicted molar refractivity (Wildman–Crippen MR) is 113 cm³/mol. The van der Waals surface area contributed by atoms with Gasteiger partial charge in [0.05, 0.1) is 23.7 Å². The van der Waals surface area contributed by atoms with Crippen molar-refractivity contribution in [3.63, 3.8) is 0 Å². The van der Waals surface area contributed by atoms with Gasteiger partial charge in [-0.1, -0.05) is 6.92 Å². The van der Waals surface area contributed by atoms with Crippen LogP contribution in [0.1, 0.15) is 23.7 Å². The second-order valence-electron chi connectivity index (χ2n) is 6.57. The zero-order valence-electron chi connectivity index (χ0n) is 16.7. The fourth-order valence-corrected chi connectivity index (χ4v) is 3.74. The number of sulfonamides is 1. The predicted octanol–water partition coefficient (Wildman–Crippen LogP) is 0.925. The van der Waals surface area contributed by atoms with Gasteiger partial charge >= 0.3 is 0 Å². The number of amides is 1. The maximum atomic E-state index is 12.8. The van der Waals surface area contributed by atoms with Gasteiger partial charge in [-0.3, -0.25) is 4.79 Å². The number of hydrogen-bond donors (Lipinski definition) is 2. The van der Waals surface area contributed by atoms with Crippen LogP contribution in [0.25, 0.3) is 0 Å². The summed E-state index contributed by atoms with van der Waals surface area (Å²) in [7, 11) is -0.662. The van der Waals surface area contributed by atoms with Gasteiger partial charge in [0.1, 0.15) is 0 Å². The highest BCUT2D eigenvalue weighted by molar-refractivity contribution is 7.89. The minimum Gasteiger partial charge on any atom is -0.378 e. The summed E-state index contributed by atoms with van der Waals surface area (Å²) in [6.07, 6.45) is 1.03. The van der Waals surface area contributed by atoms with Crippen LogP contribution < -0.4 is 15.5 Å². The molecule has 1 aromatic rings. The van der Waals surface area contributed by atoms with Crippen molar-refractivity contribution in [3.05, 3.63) is 23.8 Å². The Hall–Kier alpha value is -1.39. The number of benzene rings is 1. The Balaban J connectivity index is 0.00000392. The summed E-state index contributed by atoms with van der Waals surface area (Å²) in [5, 5.41) is 6.10. The SMILES string of the molecule is CCCNCCNC(=O)c1cc(S(=O)(=O)N(C)C)ccc1N1CCOCC1.Cl. The van der Waals surface area contributed by atoms with E-state index in [2.05, 4.69) is 22.5 Å². The molecule has 0 unspecified atom stereocenters. The van der Waals surface area contributed by atoms with Gasteiger partial charge in [0, 0.05) is 46.0 Å². The van der Waals surface area contributed by atoms with Gasteiger partial charge in [-0.25, -0.2) is 12.7 Å². The molecule has 0 bridgehead atoms. The van der Waals surface area contributed by atoms with Crippen molar-refractivity contribution in [2.24, 2.45) is 0 Å². The zero-order chi connectivity index (χ0) is 19.9. The van der Waals surface area contributed by atoms with E-state index in [-0.39, 0.29) is 23.2 Å². The number of anilines is 1. The zero-order valence-corrected chi connectivity index (χ0v) is 18.4. The van der Waals surface area contributed by atoms with E-state index >= 15 is 0 Å². The number of ether oxygens (including phenoxy) is 1. The standard InChI is InChI=1S/C18H30N4O4S.ClH/c1-4-7-19-8-9-20-18(23)16-14-15(27(24,25)21(2)3)5-6-17(16)22-10-12-26-13-11-22;/h5-6,14,19H,4,7-13H2,1-3H3,(H,20,23);1H. The molecule has 0 radical (unpaired) electrons. The minimum absolute atomic E-state index is 0. The summed E-state index contributed by atoms with van der Waals surface area (Å²) in [6.45, 7) is 6.62. The molecule has 2 rings (SSSR count). The van der Waals surface area contributed by atoms with Gasteiger partial charge in [-0.15, -0.1) is 12.4 Å². The summed E-state index contributed by atoms with van der Waals surface area (Å²) in [5.41, 5.74) is 1.10.